The van der Waals surface area contributed by atoms with Gasteiger partial charge in [-0.15, -0.1) is 0 Å². The van der Waals surface area contributed by atoms with E-state index in [1.54, 1.807) is 6.07 Å². The second kappa shape index (κ2) is 6.88. The molecule has 8 nitrogen and oxygen atoms in total. The quantitative estimate of drug-likeness (QED) is 0.409. The first-order chi connectivity index (χ1) is 12.4. The number of hydrogen-bond acceptors (Lipinski definition) is 6. The normalized spacial score (nSPS) is 22.2. The number of hydrogen-bond donors (Lipinski definition) is 3. The summed E-state index contributed by atoms with van der Waals surface area (Å²) in [5.74, 6) is -1.01. The van der Waals surface area contributed by atoms with Crippen molar-refractivity contribution in [1.29, 1.82) is 5.26 Å². The Morgan fingerprint density at radius 1 is 1.38 bits per heavy atom. The fourth-order valence-corrected chi connectivity index (χ4v) is 3.33. The van der Waals surface area contributed by atoms with E-state index in [2.05, 4.69) is 10.6 Å². The largest absolute Gasteiger partial charge is 0.401 e. The van der Waals surface area contributed by atoms with Crippen LogP contribution in [0.25, 0.3) is 0 Å². The van der Waals surface area contributed by atoms with Crippen molar-refractivity contribution < 1.29 is 14.4 Å². The van der Waals surface area contributed by atoms with Gasteiger partial charge in [-0.3, -0.25) is 14.5 Å². The molecule has 2 atom stereocenters. The topological polar surface area (TPSA) is 128 Å². The lowest BCUT2D eigenvalue weighted by Crippen LogP contribution is -2.37. The first-order valence-electron chi connectivity index (χ1n) is 8.26. The van der Waals surface area contributed by atoms with Crippen LogP contribution in [0.2, 0.25) is 0 Å². The maximum Gasteiger partial charge on any atom is 0.325 e. The first kappa shape index (κ1) is 17.5. The summed E-state index contributed by atoms with van der Waals surface area (Å²) in [7, 11) is 0. The van der Waals surface area contributed by atoms with Gasteiger partial charge in [-0.1, -0.05) is 18.2 Å². The van der Waals surface area contributed by atoms with Crippen molar-refractivity contribution in [2.75, 3.05) is 18.4 Å². The molecule has 0 aliphatic carbocycles. The SMILES string of the molecule is C/C(N)=C(/C#N)C(=O)CN1C(=O)NC(CC2CNc3ccccc32)C1=O. The third kappa shape index (κ3) is 3.11. The first-order valence-corrected chi connectivity index (χ1v) is 8.26. The number of carbonyl (C=O) groups excluding carboxylic acids is 3. The summed E-state index contributed by atoms with van der Waals surface area (Å²) in [6.07, 6.45) is 0.441. The number of nitrogens with two attached hydrogens (primary N) is 1. The Labute approximate surface area is 150 Å². The summed E-state index contributed by atoms with van der Waals surface area (Å²) >= 11 is 0. The Morgan fingerprint density at radius 2 is 2.12 bits per heavy atom. The number of carbonyl (C=O) groups is 3. The predicted molar refractivity (Wildman–Crippen MR) is 93.8 cm³/mol. The van der Waals surface area contributed by atoms with E-state index in [4.69, 9.17) is 11.0 Å². The van der Waals surface area contributed by atoms with E-state index in [9.17, 15) is 14.4 Å². The number of rotatable bonds is 5. The highest BCUT2D eigenvalue weighted by atomic mass is 16.2. The molecule has 4 N–H and O–H groups in total. The van der Waals surface area contributed by atoms with Gasteiger partial charge in [0.25, 0.3) is 5.91 Å². The number of Topliss-reactive ketones (excluding diaryl/α,β-unsaturated/α-hetero) is 1. The van der Waals surface area contributed by atoms with Gasteiger partial charge in [0, 0.05) is 23.8 Å². The number of amides is 3. The van der Waals surface area contributed by atoms with Gasteiger partial charge in [-0.2, -0.15) is 5.26 Å². The van der Waals surface area contributed by atoms with Crippen LogP contribution in [0.15, 0.2) is 35.5 Å². The number of nitrogens with one attached hydrogen (secondary N) is 2. The van der Waals surface area contributed by atoms with Crippen LogP contribution in [-0.4, -0.2) is 41.8 Å². The number of imide groups is 1. The zero-order valence-corrected chi connectivity index (χ0v) is 14.3. The van der Waals surface area contributed by atoms with Crippen LogP contribution >= 0.6 is 0 Å². The standard InChI is InChI=1S/C18H19N5O3/c1-10(20)13(7-19)16(24)9-23-17(25)15(22-18(23)26)6-11-8-21-14-5-3-2-4-12(11)14/h2-5,11,15,21H,6,8-9,20H2,1H3,(H,22,26)/b13-10+. The molecule has 8 heteroatoms. The number of nitrogens with zero attached hydrogens (tertiary/aromatic N) is 2. The Kier molecular flexibility index (Phi) is 4.63. The fraction of sp³-hybridized carbons (Fsp3) is 0.333. The molecule has 0 radical (unpaired) electrons. The summed E-state index contributed by atoms with van der Waals surface area (Å²) in [5, 5.41) is 14.9. The molecule has 2 unspecified atom stereocenters. The third-order valence-electron chi connectivity index (χ3n) is 4.65. The Hall–Kier alpha value is -3.34. The number of ketones is 1. The number of allylic oxidation sites excluding steroid dienone is 1. The molecule has 1 saturated heterocycles. The number of urea groups is 1. The van der Waals surface area contributed by atoms with E-state index in [0.717, 1.165) is 16.2 Å². The predicted octanol–water partition coefficient (Wildman–Crippen LogP) is 0.832. The molecule has 2 heterocycles. The van der Waals surface area contributed by atoms with Crippen molar-refractivity contribution in [2.24, 2.45) is 5.73 Å². The smallest absolute Gasteiger partial charge is 0.325 e. The van der Waals surface area contributed by atoms with Crippen LogP contribution in [0, 0.1) is 11.3 Å². The lowest BCUT2D eigenvalue weighted by atomic mass is 9.94. The van der Waals surface area contributed by atoms with Crippen LogP contribution in [-0.2, 0) is 9.59 Å². The molecular formula is C18H19N5O3. The van der Waals surface area contributed by atoms with Crippen LogP contribution in [0.4, 0.5) is 10.5 Å². The number of anilines is 1. The maximum absolute atomic E-state index is 12.6. The molecule has 1 aromatic carbocycles. The minimum Gasteiger partial charge on any atom is -0.401 e. The zero-order valence-electron chi connectivity index (χ0n) is 14.3. The second-order valence-electron chi connectivity index (χ2n) is 6.42. The van der Waals surface area contributed by atoms with Crippen molar-refractivity contribution in [1.82, 2.24) is 10.2 Å². The molecule has 0 spiro atoms. The van der Waals surface area contributed by atoms with Gasteiger partial charge in [0.15, 0.2) is 5.78 Å². The summed E-state index contributed by atoms with van der Waals surface area (Å²) in [5.41, 5.74) is 7.47. The second-order valence-corrected chi connectivity index (χ2v) is 6.42. The highest BCUT2D eigenvalue weighted by molar-refractivity contribution is 6.10. The Morgan fingerprint density at radius 3 is 2.81 bits per heavy atom. The lowest BCUT2D eigenvalue weighted by molar-refractivity contribution is -0.130. The minimum atomic E-state index is -0.693. The van der Waals surface area contributed by atoms with Gasteiger partial charge in [-0.25, -0.2) is 4.79 Å². The molecule has 26 heavy (non-hydrogen) atoms. The Balaban J connectivity index is 1.69. The van der Waals surface area contributed by atoms with Crippen LogP contribution in [0.5, 0.6) is 0 Å². The maximum atomic E-state index is 12.6. The number of nitriles is 1. The molecule has 0 saturated carbocycles. The highest BCUT2D eigenvalue weighted by Crippen LogP contribution is 2.34. The van der Waals surface area contributed by atoms with Gasteiger partial charge in [0.2, 0.25) is 0 Å². The van der Waals surface area contributed by atoms with Crippen LogP contribution in [0.1, 0.15) is 24.8 Å². The van der Waals surface area contributed by atoms with E-state index in [1.807, 2.05) is 24.3 Å². The average molecular weight is 353 g/mol. The van der Waals surface area contributed by atoms with E-state index in [0.29, 0.717) is 13.0 Å². The van der Waals surface area contributed by atoms with Crippen molar-refractivity contribution in [3.05, 3.63) is 41.1 Å². The molecule has 1 fully saturated rings. The van der Waals surface area contributed by atoms with Crippen molar-refractivity contribution in [2.45, 2.75) is 25.3 Å². The molecular weight excluding hydrogens is 334 g/mol. The van der Waals surface area contributed by atoms with E-state index >= 15 is 0 Å². The summed E-state index contributed by atoms with van der Waals surface area (Å²) in [6, 6.07) is 8.23. The molecule has 3 rings (SSSR count). The molecule has 3 amide bonds. The van der Waals surface area contributed by atoms with Crippen LogP contribution < -0.4 is 16.4 Å². The lowest BCUT2D eigenvalue weighted by Gasteiger charge is -2.15. The summed E-state index contributed by atoms with van der Waals surface area (Å²) in [6.45, 7) is 1.62. The zero-order chi connectivity index (χ0) is 18.8. The van der Waals surface area contributed by atoms with Crippen molar-refractivity contribution in [3.63, 3.8) is 0 Å². The molecule has 1 aromatic rings. The summed E-state index contributed by atoms with van der Waals surface area (Å²) in [4.78, 5) is 37.7. The van der Waals surface area contributed by atoms with E-state index in [-0.39, 0.29) is 17.2 Å². The Bertz CT molecular complexity index is 851. The van der Waals surface area contributed by atoms with Crippen molar-refractivity contribution in [3.8, 4) is 6.07 Å². The molecule has 2 aliphatic heterocycles. The molecule has 2 aliphatic rings. The monoisotopic (exact) mass is 353 g/mol. The fourth-order valence-electron chi connectivity index (χ4n) is 3.33. The number of fused-ring (bicyclic) bond motifs is 1. The molecule has 0 aromatic heterocycles. The number of para-hydroxylation sites is 1. The molecule has 0 bridgehead atoms. The third-order valence-corrected chi connectivity index (χ3v) is 4.65. The average Bonchev–Trinajstić information content (AvgIpc) is 3.12. The van der Waals surface area contributed by atoms with Crippen molar-refractivity contribution >= 4 is 23.4 Å². The van der Waals surface area contributed by atoms with Gasteiger partial charge in [0.05, 0.1) is 6.54 Å². The number of benzene rings is 1. The van der Waals surface area contributed by atoms with E-state index in [1.165, 1.54) is 6.92 Å². The van der Waals surface area contributed by atoms with Crippen LogP contribution in [0.3, 0.4) is 0 Å². The van der Waals surface area contributed by atoms with Gasteiger partial charge >= 0.3 is 6.03 Å². The van der Waals surface area contributed by atoms with Gasteiger partial charge < -0.3 is 16.4 Å². The van der Waals surface area contributed by atoms with E-state index < -0.39 is 30.3 Å². The highest BCUT2D eigenvalue weighted by Gasteiger charge is 2.41. The molecule has 134 valence electrons. The van der Waals surface area contributed by atoms with Gasteiger partial charge in [0.1, 0.15) is 17.7 Å². The van der Waals surface area contributed by atoms with Gasteiger partial charge in [-0.05, 0) is 25.0 Å². The minimum absolute atomic E-state index is 0.0646. The summed E-state index contributed by atoms with van der Waals surface area (Å²) < 4.78 is 0.